The van der Waals surface area contributed by atoms with E-state index in [1.165, 1.54) is 0 Å². The van der Waals surface area contributed by atoms with Gasteiger partial charge in [-0.05, 0) is 55.6 Å². The fraction of sp³-hybridized carbons (Fsp3) is 0.833. The predicted molar refractivity (Wildman–Crippen MR) is 139 cm³/mol. The van der Waals surface area contributed by atoms with Gasteiger partial charge in [0.05, 0.1) is 0 Å². The van der Waals surface area contributed by atoms with Crippen molar-refractivity contribution < 1.29 is 28.7 Å². The van der Waals surface area contributed by atoms with Crippen LogP contribution in [-0.4, -0.2) is 111 Å². The molecule has 0 saturated heterocycles. The van der Waals surface area contributed by atoms with Gasteiger partial charge in [0.2, 0.25) is 11.8 Å². The molecule has 0 heterocycles. The first-order valence-corrected chi connectivity index (χ1v) is 12.4. The summed E-state index contributed by atoms with van der Waals surface area (Å²) in [5, 5.41) is 10.9. The normalized spacial score (nSPS) is 11.7. The Kier molecular flexibility index (Phi) is 15.7. The number of likely N-dealkylation sites (N-methyl/N-ethyl adjacent to an activating group) is 2. The Morgan fingerprint density at radius 3 is 1.19 bits per heavy atom. The molecule has 0 fully saturated rings. The van der Waals surface area contributed by atoms with Gasteiger partial charge in [-0.3, -0.25) is 9.59 Å². The smallest absolute Gasteiger partial charge is 0.407 e. The first-order chi connectivity index (χ1) is 16.6. The molecule has 0 rings (SSSR count). The molecule has 0 spiro atoms. The Hall–Kier alpha value is -2.60. The van der Waals surface area contributed by atoms with Gasteiger partial charge in [-0.1, -0.05) is 0 Å². The van der Waals surface area contributed by atoms with Crippen LogP contribution in [0.4, 0.5) is 9.59 Å². The van der Waals surface area contributed by atoms with Crippen LogP contribution < -0.4 is 21.3 Å². The number of hydrogen-bond acceptors (Lipinski definition) is 8. The number of nitrogens with one attached hydrogen (secondary N) is 4. The van der Waals surface area contributed by atoms with Crippen LogP contribution in [0.15, 0.2) is 0 Å². The van der Waals surface area contributed by atoms with E-state index in [1.54, 1.807) is 41.5 Å². The van der Waals surface area contributed by atoms with Crippen molar-refractivity contribution in [2.45, 2.75) is 65.6 Å². The second kappa shape index (κ2) is 17.0. The maximum absolute atomic E-state index is 12.0. The lowest BCUT2D eigenvalue weighted by atomic mass is 10.2. The number of carbonyl (C=O) groups is 4. The third-order valence-electron chi connectivity index (χ3n) is 4.53. The molecule has 0 unspecified atom stereocenters. The molecule has 12 nitrogen and oxygen atoms in total. The Labute approximate surface area is 216 Å². The summed E-state index contributed by atoms with van der Waals surface area (Å²) in [6.07, 6.45) is -0.284. The molecule has 4 N–H and O–H groups in total. The second-order valence-corrected chi connectivity index (χ2v) is 10.7. The third-order valence-corrected chi connectivity index (χ3v) is 4.53. The minimum Gasteiger partial charge on any atom is -0.444 e. The van der Waals surface area contributed by atoms with Gasteiger partial charge in [0.15, 0.2) is 0 Å². The highest BCUT2D eigenvalue weighted by atomic mass is 16.6. The van der Waals surface area contributed by atoms with Crippen LogP contribution in [0.25, 0.3) is 0 Å². The van der Waals surface area contributed by atoms with E-state index in [2.05, 4.69) is 21.3 Å². The zero-order chi connectivity index (χ0) is 27.8. The molecule has 210 valence electrons. The lowest BCUT2D eigenvalue weighted by Crippen LogP contribution is -2.39. The molecule has 0 aliphatic carbocycles. The molecule has 4 amide bonds. The summed E-state index contributed by atoms with van der Waals surface area (Å²) in [6.45, 7) is 14.6. The molecule has 0 saturated carbocycles. The maximum atomic E-state index is 12.0. The van der Waals surface area contributed by atoms with E-state index in [0.29, 0.717) is 65.2 Å². The summed E-state index contributed by atoms with van der Waals surface area (Å²) < 4.78 is 10.3. The summed E-state index contributed by atoms with van der Waals surface area (Å²) in [6, 6.07) is 0. The van der Waals surface area contributed by atoms with Gasteiger partial charge < -0.3 is 40.5 Å². The molecular formula is C24H48N6O6. The van der Waals surface area contributed by atoms with Gasteiger partial charge in [-0.2, -0.15) is 0 Å². The van der Waals surface area contributed by atoms with E-state index in [4.69, 9.17) is 9.47 Å². The average Bonchev–Trinajstić information content (AvgIpc) is 2.71. The summed E-state index contributed by atoms with van der Waals surface area (Å²) >= 11 is 0. The Morgan fingerprint density at radius 2 is 0.889 bits per heavy atom. The highest BCUT2D eigenvalue weighted by molar-refractivity contribution is 5.77. The number of ether oxygens (including phenoxy) is 2. The highest BCUT2D eigenvalue weighted by Crippen LogP contribution is 2.06. The third kappa shape index (κ3) is 21.9. The lowest BCUT2D eigenvalue weighted by Gasteiger charge is -2.21. The quantitative estimate of drug-likeness (QED) is 0.235. The number of rotatable bonds is 15. The molecule has 0 atom stereocenters. The van der Waals surface area contributed by atoms with Crippen molar-refractivity contribution in [3.05, 3.63) is 0 Å². The molecule has 36 heavy (non-hydrogen) atoms. The first kappa shape index (κ1) is 33.4. The van der Waals surface area contributed by atoms with Crippen LogP contribution in [0.3, 0.4) is 0 Å². The van der Waals surface area contributed by atoms with Gasteiger partial charge in [-0.25, -0.2) is 9.59 Å². The summed E-state index contributed by atoms with van der Waals surface area (Å²) in [5.41, 5.74) is -1.07. The van der Waals surface area contributed by atoms with E-state index in [9.17, 15) is 19.2 Å². The number of amides is 4. The Balaban J connectivity index is 3.78. The predicted octanol–water partition coefficient (Wildman–Crippen LogP) is 0.912. The standard InChI is InChI=1S/C24H48N6O6/c1-23(2,3)35-21(33)27-13-17-29(7)15-9-19(31)25-11-12-26-20(32)10-16-30(8)18-14-28-22(34)36-24(4,5)6/h9-18H2,1-8H3,(H,25,31)(H,26,32)(H,27,33)(H,28,34). The monoisotopic (exact) mass is 516 g/mol. The van der Waals surface area contributed by atoms with E-state index >= 15 is 0 Å². The number of alkyl carbamates (subject to hydrolysis) is 2. The zero-order valence-electron chi connectivity index (χ0n) is 23.4. The Bertz CT molecular complexity index is 632. The summed E-state index contributed by atoms with van der Waals surface area (Å²) in [4.78, 5) is 51.1. The topological polar surface area (TPSA) is 141 Å². The fourth-order valence-corrected chi connectivity index (χ4v) is 2.72. The number of nitrogens with zero attached hydrogens (tertiary/aromatic N) is 2. The molecular weight excluding hydrogens is 468 g/mol. The minimum atomic E-state index is -0.536. The number of hydrogen-bond donors (Lipinski definition) is 4. The lowest BCUT2D eigenvalue weighted by molar-refractivity contribution is -0.123. The van der Waals surface area contributed by atoms with Crippen molar-refractivity contribution in [3.8, 4) is 0 Å². The van der Waals surface area contributed by atoms with Crippen LogP contribution in [0.1, 0.15) is 54.4 Å². The van der Waals surface area contributed by atoms with Crippen molar-refractivity contribution in [1.82, 2.24) is 31.1 Å². The highest BCUT2D eigenvalue weighted by Gasteiger charge is 2.16. The van der Waals surface area contributed by atoms with Gasteiger partial charge in [0, 0.05) is 65.2 Å². The van der Waals surface area contributed by atoms with Crippen LogP contribution in [0.2, 0.25) is 0 Å². The van der Waals surface area contributed by atoms with Crippen molar-refractivity contribution in [2.24, 2.45) is 0 Å². The van der Waals surface area contributed by atoms with Gasteiger partial charge in [-0.15, -0.1) is 0 Å². The minimum absolute atomic E-state index is 0.103. The van der Waals surface area contributed by atoms with Crippen LogP contribution >= 0.6 is 0 Å². The van der Waals surface area contributed by atoms with E-state index < -0.39 is 23.4 Å². The van der Waals surface area contributed by atoms with E-state index in [-0.39, 0.29) is 11.8 Å². The van der Waals surface area contributed by atoms with Crippen LogP contribution in [0, 0.1) is 0 Å². The largest absolute Gasteiger partial charge is 0.444 e. The SMILES string of the molecule is CN(CCNC(=O)OC(C)(C)C)CCC(=O)NCCNC(=O)CCN(C)CCNC(=O)OC(C)(C)C. The van der Waals surface area contributed by atoms with Crippen molar-refractivity contribution in [2.75, 3.05) is 66.5 Å². The maximum Gasteiger partial charge on any atom is 0.407 e. The molecule has 0 aromatic carbocycles. The molecule has 0 aromatic heterocycles. The molecule has 12 heteroatoms. The second-order valence-electron chi connectivity index (χ2n) is 10.7. The summed E-state index contributed by atoms with van der Waals surface area (Å²) in [5.74, 6) is -0.207. The van der Waals surface area contributed by atoms with Crippen molar-refractivity contribution in [1.29, 1.82) is 0 Å². The fourth-order valence-electron chi connectivity index (χ4n) is 2.72. The molecule has 0 bridgehead atoms. The van der Waals surface area contributed by atoms with Crippen molar-refractivity contribution >= 4 is 24.0 Å². The molecule has 0 aliphatic heterocycles. The molecule has 0 aliphatic rings. The molecule has 0 aromatic rings. The number of carbonyl (C=O) groups excluding carboxylic acids is 4. The molecule has 0 radical (unpaired) electrons. The van der Waals surface area contributed by atoms with Gasteiger partial charge >= 0.3 is 12.2 Å². The van der Waals surface area contributed by atoms with E-state index in [1.807, 2.05) is 23.9 Å². The summed E-state index contributed by atoms with van der Waals surface area (Å²) in [7, 11) is 3.74. The van der Waals surface area contributed by atoms with Gasteiger partial charge in [0.1, 0.15) is 11.2 Å². The first-order valence-electron chi connectivity index (χ1n) is 12.4. The van der Waals surface area contributed by atoms with Crippen LogP contribution in [0.5, 0.6) is 0 Å². The van der Waals surface area contributed by atoms with Gasteiger partial charge in [0.25, 0.3) is 0 Å². The Morgan fingerprint density at radius 1 is 0.556 bits per heavy atom. The van der Waals surface area contributed by atoms with Crippen LogP contribution in [-0.2, 0) is 19.1 Å². The van der Waals surface area contributed by atoms with E-state index in [0.717, 1.165) is 0 Å². The average molecular weight is 517 g/mol. The zero-order valence-corrected chi connectivity index (χ0v) is 23.4. The van der Waals surface area contributed by atoms with Crippen molar-refractivity contribution in [3.63, 3.8) is 0 Å².